The first-order chi connectivity index (χ1) is 15.8. The first-order valence-corrected chi connectivity index (χ1v) is 10.0. The van der Waals surface area contributed by atoms with Gasteiger partial charge in [0, 0.05) is 38.5 Å². The Kier molecular flexibility index (Phi) is 7.65. The van der Waals surface area contributed by atoms with Crippen molar-refractivity contribution < 1.29 is 28.2 Å². The van der Waals surface area contributed by atoms with Crippen molar-refractivity contribution in [1.29, 1.82) is 0 Å². The Morgan fingerprint density at radius 1 is 1.24 bits per heavy atom. The molecule has 33 heavy (non-hydrogen) atoms. The van der Waals surface area contributed by atoms with Crippen LogP contribution in [0, 0.1) is 5.92 Å². The van der Waals surface area contributed by atoms with E-state index in [9.17, 15) is 18.4 Å². The molecule has 1 amide bonds. The second kappa shape index (κ2) is 10.6. The third-order valence-corrected chi connectivity index (χ3v) is 4.97. The van der Waals surface area contributed by atoms with Crippen LogP contribution in [0.4, 0.5) is 8.78 Å². The average molecular weight is 459 g/mol. The molecular formula is C22H23F2N5O4. The summed E-state index contributed by atoms with van der Waals surface area (Å²) in [5.74, 6) is -1.96. The van der Waals surface area contributed by atoms with E-state index in [0.717, 1.165) is 5.56 Å². The molecule has 2 heterocycles. The highest BCUT2D eigenvalue weighted by Crippen LogP contribution is 2.21. The molecule has 1 atom stereocenters. The maximum Gasteiger partial charge on any atom is 0.337 e. The van der Waals surface area contributed by atoms with Gasteiger partial charge in [0.2, 0.25) is 12.3 Å². The number of carbonyl (C=O) groups is 2. The molecule has 3 aromatic rings. The highest BCUT2D eigenvalue weighted by Gasteiger charge is 2.27. The summed E-state index contributed by atoms with van der Waals surface area (Å²) < 4.78 is 32.9. The number of hydrogen-bond acceptors (Lipinski definition) is 6. The number of carboxylic acid groups (broad SMARTS) is 1. The van der Waals surface area contributed by atoms with Gasteiger partial charge >= 0.3 is 5.97 Å². The molecule has 0 aliphatic carbocycles. The lowest BCUT2D eigenvalue weighted by atomic mass is 9.98. The molecule has 1 N–H and O–H groups in total. The van der Waals surface area contributed by atoms with Crippen molar-refractivity contribution in [3.05, 3.63) is 65.7 Å². The molecule has 0 saturated carbocycles. The van der Waals surface area contributed by atoms with E-state index in [2.05, 4.69) is 15.3 Å². The smallest absolute Gasteiger partial charge is 0.337 e. The van der Waals surface area contributed by atoms with E-state index in [1.807, 2.05) is 6.07 Å². The maximum atomic E-state index is 13.2. The van der Waals surface area contributed by atoms with Gasteiger partial charge in [-0.1, -0.05) is 17.3 Å². The number of halogens is 2. The first kappa shape index (κ1) is 23.8. The topological polar surface area (TPSA) is 110 Å². The van der Waals surface area contributed by atoms with Gasteiger partial charge in [-0.25, -0.2) is 18.3 Å². The van der Waals surface area contributed by atoms with E-state index in [0.29, 0.717) is 17.1 Å². The lowest BCUT2D eigenvalue weighted by Crippen LogP contribution is -2.34. The normalized spacial score (nSPS) is 11.9. The molecule has 1 unspecified atom stereocenters. The Labute approximate surface area is 188 Å². The van der Waals surface area contributed by atoms with Crippen molar-refractivity contribution in [2.24, 2.45) is 5.92 Å². The van der Waals surface area contributed by atoms with E-state index in [1.165, 1.54) is 41.3 Å². The molecule has 3 rings (SSSR count). The third kappa shape index (κ3) is 6.31. The zero-order chi connectivity index (χ0) is 24.0. The van der Waals surface area contributed by atoms with Crippen LogP contribution in [-0.2, 0) is 17.8 Å². The van der Waals surface area contributed by atoms with E-state index >= 15 is 0 Å². The molecule has 0 radical (unpaired) electrons. The lowest BCUT2D eigenvalue weighted by molar-refractivity contribution is -0.136. The minimum Gasteiger partial charge on any atom is -0.497 e. The third-order valence-electron chi connectivity index (χ3n) is 4.97. The molecule has 2 aromatic heterocycles. The van der Waals surface area contributed by atoms with Crippen LogP contribution in [0.5, 0.6) is 5.75 Å². The molecule has 1 aromatic carbocycles. The van der Waals surface area contributed by atoms with Crippen molar-refractivity contribution in [1.82, 2.24) is 24.9 Å². The van der Waals surface area contributed by atoms with Gasteiger partial charge < -0.3 is 14.7 Å². The summed E-state index contributed by atoms with van der Waals surface area (Å²) in [5, 5.41) is 17.0. The SMILES string of the molecule is COc1cccc(CN(C)C(=O)C(Cc2cn(-c3cncc(C(=O)O)c3)nn2)CC(F)F)c1. The molecule has 0 aliphatic heterocycles. The van der Waals surface area contributed by atoms with Gasteiger partial charge in [0.05, 0.1) is 36.4 Å². The summed E-state index contributed by atoms with van der Waals surface area (Å²) in [6.07, 6.45) is 0.724. The molecule has 0 saturated heterocycles. The number of hydrogen-bond donors (Lipinski definition) is 1. The van der Waals surface area contributed by atoms with Gasteiger partial charge in [-0.15, -0.1) is 5.10 Å². The van der Waals surface area contributed by atoms with Crippen LogP contribution in [-0.4, -0.2) is 62.4 Å². The number of aromatic nitrogens is 4. The summed E-state index contributed by atoms with van der Waals surface area (Å²) in [6.45, 7) is 0.232. The number of carboxylic acids is 1. The van der Waals surface area contributed by atoms with Crippen LogP contribution in [0.2, 0.25) is 0 Å². The first-order valence-electron chi connectivity index (χ1n) is 10.0. The van der Waals surface area contributed by atoms with Crippen molar-refractivity contribution >= 4 is 11.9 Å². The van der Waals surface area contributed by atoms with Gasteiger partial charge in [-0.3, -0.25) is 9.78 Å². The van der Waals surface area contributed by atoms with Crippen molar-refractivity contribution in [3.63, 3.8) is 0 Å². The number of amides is 1. The highest BCUT2D eigenvalue weighted by molar-refractivity contribution is 5.87. The molecule has 174 valence electrons. The van der Waals surface area contributed by atoms with Crippen molar-refractivity contribution in [3.8, 4) is 11.4 Å². The zero-order valence-corrected chi connectivity index (χ0v) is 18.1. The highest BCUT2D eigenvalue weighted by atomic mass is 19.3. The van der Waals surface area contributed by atoms with Gasteiger partial charge in [0.15, 0.2) is 0 Å². The summed E-state index contributed by atoms with van der Waals surface area (Å²) in [7, 11) is 3.09. The number of ether oxygens (including phenoxy) is 1. The quantitative estimate of drug-likeness (QED) is 0.496. The number of carbonyl (C=O) groups excluding carboxylic acids is 1. The number of aromatic carboxylic acids is 1. The molecule has 0 spiro atoms. The second-order valence-corrected chi connectivity index (χ2v) is 7.47. The van der Waals surface area contributed by atoms with E-state index in [-0.39, 0.29) is 18.5 Å². The Hall–Kier alpha value is -3.89. The lowest BCUT2D eigenvalue weighted by Gasteiger charge is -2.23. The van der Waals surface area contributed by atoms with Crippen LogP contribution in [0.1, 0.15) is 28.0 Å². The van der Waals surface area contributed by atoms with Gasteiger partial charge in [-0.05, 0) is 23.8 Å². The van der Waals surface area contributed by atoms with Crippen LogP contribution in [0.3, 0.4) is 0 Å². The number of pyridine rings is 1. The largest absolute Gasteiger partial charge is 0.497 e. The van der Waals surface area contributed by atoms with Gasteiger partial charge in [0.25, 0.3) is 0 Å². The van der Waals surface area contributed by atoms with E-state index in [4.69, 9.17) is 9.84 Å². The van der Waals surface area contributed by atoms with Gasteiger partial charge in [0.1, 0.15) is 5.75 Å². The number of alkyl halides is 2. The van der Waals surface area contributed by atoms with Crippen LogP contribution in [0.15, 0.2) is 48.9 Å². The summed E-state index contributed by atoms with van der Waals surface area (Å²) >= 11 is 0. The van der Waals surface area contributed by atoms with Crippen molar-refractivity contribution in [2.45, 2.75) is 25.8 Å². The standard InChI is InChI=1S/C22H23F2N5O4/c1-28(12-14-4-3-5-19(6-14)33-2)21(30)15(9-20(23)24)7-17-13-29(27-26-17)18-8-16(22(31)32)10-25-11-18/h3-6,8,10-11,13,15,20H,7,9,12H2,1-2H3,(H,31,32). The minimum atomic E-state index is -2.67. The molecule has 0 fully saturated rings. The fourth-order valence-corrected chi connectivity index (χ4v) is 3.36. The van der Waals surface area contributed by atoms with E-state index in [1.54, 1.807) is 25.2 Å². The molecule has 11 heteroatoms. The predicted octanol–water partition coefficient (Wildman–Crippen LogP) is 2.84. The summed E-state index contributed by atoms with van der Waals surface area (Å²) in [6, 6.07) is 8.51. The number of methoxy groups -OCH3 is 1. The molecule has 0 bridgehead atoms. The summed E-state index contributed by atoms with van der Waals surface area (Å²) in [5.41, 5.74) is 1.44. The predicted molar refractivity (Wildman–Crippen MR) is 113 cm³/mol. The Bertz CT molecular complexity index is 1120. The Morgan fingerprint density at radius 3 is 2.73 bits per heavy atom. The zero-order valence-electron chi connectivity index (χ0n) is 18.1. The van der Waals surface area contributed by atoms with Crippen molar-refractivity contribution in [2.75, 3.05) is 14.2 Å². The average Bonchev–Trinajstić information content (AvgIpc) is 3.26. The van der Waals surface area contributed by atoms with Crippen LogP contribution >= 0.6 is 0 Å². The van der Waals surface area contributed by atoms with Crippen LogP contribution < -0.4 is 4.74 Å². The fourth-order valence-electron chi connectivity index (χ4n) is 3.36. The van der Waals surface area contributed by atoms with Gasteiger partial charge in [-0.2, -0.15) is 0 Å². The maximum absolute atomic E-state index is 13.2. The molecule has 9 nitrogen and oxygen atoms in total. The number of nitrogens with zero attached hydrogens (tertiary/aromatic N) is 5. The Balaban J connectivity index is 1.74. The monoisotopic (exact) mass is 459 g/mol. The van der Waals surface area contributed by atoms with Crippen LogP contribution in [0.25, 0.3) is 5.69 Å². The fraction of sp³-hybridized carbons (Fsp3) is 0.318. The number of benzene rings is 1. The molecular weight excluding hydrogens is 436 g/mol. The second-order valence-electron chi connectivity index (χ2n) is 7.47. The summed E-state index contributed by atoms with van der Waals surface area (Å²) in [4.78, 5) is 29.4. The minimum absolute atomic E-state index is 0.0329. The Morgan fingerprint density at radius 2 is 2.03 bits per heavy atom. The molecule has 0 aliphatic rings. The number of rotatable bonds is 10. The van der Waals surface area contributed by atoms with E-state index < -0.39 is 30.6 Å².